The number of carbonyl (C=O) groups is 2. The Morgan fingerprint density at radius 3 is 1.88 bits per heavy atom. The lowest BCUT2D eigenvalue weighted by atomic mass is 9.97. The number of ketones is 2. The summed E-state index contributed by atoms with van der Waals surface area (Å²) in [5, 5.41) is 45.3. The molecule has 0 radical (unpaired) electrons. The summed E-state index contributed by atoms with van der Waals surface area (Å²) in [6, 6.07) is -1.15. The number of hydrogen-bond donors (Lipinski definition) is 6. The SMILES string of the molecule is C[C@H](N)C(=O)C(=O)[C@H](O)[C@@H](O)[C@H](O)[C@H](O)CO. The number of hydrogen-bond acceptors (Lipinski definition) is 8. The first kappa shape index (κ1) is 16.1. The van der Waals surface area contributed by atoms with Crippen LogP contribution in [-0.2, 0) is 9.59 Å². The van der Waals surface area contributed by atoms with E-state index in [2.05, 4.69) is 0 Å². The summed E-state index contributed by atoms with van der Waals surface area (Å²) in [5.41, 5.74) is 5.12. The lowest BCUT2D eigenvalue weighted by Crippen LogP contribution is -2.52. The van der Waals surface area contributed by atoms with E-state index in [0.29, 0.717) is 0 Å². The largest absolute Gasteiger partial charge is 0.394 e. The molecule has 0 spiro atoms. The minimum atomic E-state index is -2.20. The van der Waals surface area contributed by atoms with Gasteiger partial charge in [-0.25, -0.2) is 0 Å². The first-order chi connectivity index (χ1) is 7.73. The van der Waals surface area contributed by atoms with Crippen molar-refractivity contribution in [1.29, 1.82) is 0 Å². The normalized spacial score (nSPS) is 20.2. The van der Waals surface area contributed by atoms with Gasteiger partial charge in [0.05, 0.1) is 12.6 Å². The first-order valence-corrected chi connectivity index (χ1v) is 4.90. The summed E-state index contributed by atoms with van der Waals surface area (Å²) >= 11 is 0. The summed E-state index contributed by atoms with van der Waals surface area (Å²) in [7, 11) is 0. The quantitative estimate of drug-likeness (QED) is 0.249. The number of aliphatic hydroxyl groups excluding tert-OH is 5. The third-order valence-electron chi connectivity index (χ3n) is 2.18. The van der Waals surface area contributed by atoms with Crippen molar-refractivity contribution >= 4 is 11.6 Å². The maximum atomic E-state index is 11.2. The van der Waals surface area contributed by atoms with Gasteiger partial charge >= 0.3 is 0 Å². The van der Waals surface area contributed by atoms with Gasteiger partial charge in [-0.15, -0.1) is 0 Å². The molecule has 17 heavy (non-hydrogen) atoms. The van der Waals surface area contributed by atoms with Gasteiger partial charge in [0.25, 0.3) is 0 Å². The third-order valence-corrected chi connectivity index (χ3v) is 2.18. The topological polar surface area (TPSA) is 161 Å². The van der Waals surface area contributed by atoms with E-state index in [0.717, 1.165) is 0 Å². The zero-order chi connectivity index (χ0) is 13.7. The molecule has 0 amide bonds. The predicted octanol–water partition coefficient (Wildman–Crippen LogP) is -4.09. The molecule has 0 saturated heterocycles. The van der Waals surface area contributed by atoms with E-state index in [-0.39, 0.29) is 0 Å². The van der Waals surface area contributed by atoms with Gasteiger partial charge in [0, 0.05) is 0 Å². The highest BCUT2D eigenvalue weighted by Crippen LogP contribution is 2.07. The Morgan fingerprint density at radius 1 is 1.06 bits per heavy atom. The maximum Gasteiger partial charge on any atom is 0.231 e. The van der Waals surface area contributed by atoms with Crippen molar-refractivity contribution in [2.45, 2.75) is 37.4 Å². The third kappa shape index (κ3) is 4.11. The average Bonchev–Trinajstić information content (AvgIpc) is 2.32. The van der Waals surface area contributed by atoms with Gasteiger partial charge in [-0.3, -0.25) is 9.59 Å². The van der Waals surface area contributed by atoms with Gasteiger partial charge in [0.15, 0.2) is 0 Å². The van der Waals surface area contributed by atoms with Crippen molar-refractivity contribution in [3.63, 3.8) is 0 Å². The molecule has 0 aliphatic carbocycles. The van der Waals surface area contributed by atoms with Crippen LogP contribution in [0.4, 0.5) is 0 Å². The van der Waals surface area contributed by atoms with Crippen LogP contribution in [0.5, 0.6) is 0 Å². The van der Waals surface area contributed by atoms with E-state index in [1.54, 1.807) is 0 Å². The fourth-order valence-electron chi connectivity index (χ4n) is 1.05. The summed E-state index contributed by atoms with van der Waals surface area (Å²) in [4.78, 5) is 22.4. The van der Waals surface area contributed by atoms with E-state index in [4.69, 9.17) is 15.9 Å². The van der Waals surface area contributed by atoms with Gasteiger partial charge in [-0.05, 0) is 6.92 Å². The van der Waals surface area contributed by atoms with Gasteiger partial charge in [0.1, 0.15) is 24.4 Å². The number of rotatable bonds is 7. The van der Waals surface area contributed by atoms with Crippen molar-refractivity contribution in [2.75, 3.05) is 6.61 Å². The summed E-state index contributed by atoms with van der Waals surface area (Å²) in [6.07, 6.45) is -7.99. The van der Waals surface area contributed by atoms with Crippen LogP contribution in [-0.4, -0.2) is 74.2 Å². The monoisotopic (exact) mass is 251 g/mol. The number of Topliss-reactive ketones (excluding diaryl/α,β-unsaturated/α-hetero) is 2. The molecule has 0 rings (SSSR count). The van der Waals surface area contributed by atoms with Crippen molar-refractivity contribution < 1.29 is 35.1 Å². The lowest BCUT2D eigenvalue weighted by Gasteiger charge is -2.24. The molecule has 0 unspecified atom stereocenters. The van der Waals surface area contributed by atoms with E-state index < -0.39 is 48.6 Å². The zero-order valence-electron chi connectivity index (χ0n) is 9.22. The Hall–Kier alpha value is -0.900. The van der Waals surface area contributed by atoms with Gasteiger partial charge in [0.2, 0.25) is 11.6 Å². The van der Waals surface area contributed by atoms with E-state index >= 15 is 0 Å². The Kier molecular flexibility index (Phi) is 6.39. The average molecular weight is 251 g/mol. The first-order valence-electron chi connectivity index (χ1n) is 4.90. The summed E-state index contributed by atoms with van der Waals surface area (Å²) in [5.74, 6) is -2.47. The molecule has 0 aromatic rings. The fraction of sp³-hybridized carbons (Fsp3) is 0.778. The molecule has 0 aromatic heterocycles. The van der Waals surface area contributed by atoms with Crippen LogP contribution in [0.3, 0.4) is 0 Å². The molecule has 0 fully saturated rings. The highest BCUT2D eigenvalue weighted by molar-refractivity contribution is 6.40. The molecule has 8 heteroatoms. The Bertz CT molecular complexity index is 281. The van der Waals surface area contributed by atoms with Crippen LogP contribution in [0.1, 0.15) is 6.92 Å². The highest BCUT2D eigenvalue weighted by Gasteiger charge is 2.37. The molecule has 0 aliphatic heterocycles. The predicted molar refractivity (Wildman–Crippen MR) is 54.8 cm³/mol. The highest BCUT2D eigenvalue weighted by atomic mass is 16.4. The molecule has 0 aromatic carbocycles. The van der Waals surface area contributed by atoms with Crippen LogP contribution in [0, 0.1) is 0 Å². The van der Waals surface area contributed by atoms with Gasteiger partial charge < -0.3 is 31.3 Å². The number of aliphatic hydroxyl groups is 5. The lowest BCUT2D eigenvalue weighted by molar-refractivity contribution is -0.154. The molecule has 8 nitrogen and oxygen atoms in total. The zero-order valence-corrected chi connectivity index (χ0v) is 9.22. The fourth-order valence-corrected chi connectivity index (χ4v) is 1.05. The van der Waals surface area contributed by atoms with Crippen LogP contribution in [0.15, 0.2) is 0 Å². The van der Waals surface area contributed by atoms with Crippen LogP contribution in [0.25, 0.3) is 0 Å². The van der Waals surface area contributed by atoms with Crippen molar-refractivity contribution in [3.8, 4) is 0 Å². The standard InChI is InChI=1S/C9H17NO7/c1-3(10)5(13)7(15)9(17)8(16)6(14)4(12)2-11/h3-4,6,8-9,11-12,14,16-17H,2,10H2,1H3/t3-,4+,6+,8-,9-/m0/s1. The second kappa shape index (κ2) is 6.74. The summed E-state index contributed by atoms with van der Waals surface area (Å²) < 4.78 is 0. The van der Waals surface area contributed by atoms with Crippen LogP contribution < -0.4 is 5.73 Å². The number of nitrogens with two attached hydrogens (primary N) is 1. The Morgan fingerprint density at radius 2 is 1.53 bits per heavy atom. The summed E-state index contributed by atoms with van der Waals surface area (Å²) in [6.45, 7) is 0.346. The van der Waals surface area contributed by atoms with Crippen LogP contribution >= 0.6 is 0 Å². The van der Waals surface area contributed by atoms with E-state index in [9.17, 15) is 24.9 Å². The Labute approximate surface area is 97.3 Å². The van der Waals surface area contributed by atoms with Gasteiger partial charge in [-0.2, -0.15) is 0 Å². The molecule has 100 valence electrons. The van der Waals surface area contributed by atoms with Crippen molar-refractivity contribution in [2.24, 2.45) is 5.73 Å². The molecule has 0 saturated carbocycles. The van der Waals surface area contributed by atoms with Crippen molar-refractivity contribution in [3.05, 3.63) is 0 Å². The molecule has 0 heterocycles. The minimum absolute atomic E-state index is 0.875. The van der Waals surface area contributed by atoms with E-state index in [1.807, 2.05) is 0 Å². The minimum Gasteiger partial charge on any atom is -0.394 e. The second-order valence-electron chi connectivity index (χ2n) is 3.69. The van der Waals surface area contributed by atoms with Gasteiger partial charge in [-0.1, -0.05) is 0 Å². The Balaban J connectivity index is 4.65. The van der Waals surface area contributed by atoms with Crippen LogP contribution in [0.2, 0.25) is 0 Å². The molecule has 0 aliphatic rings. The smallest absolute Gasteiger partial charge is 0.231 e. The molecular weight excluding hydrogens is 234 g/mol. The molecule has 7 N–H and O–H groups in total. The van der Waals surface area contributed by atoms with Crippen molar-refractivity contribution in [1.82, 2.24) is 0 Å². The maximum absolute atomic E-state index is 11.2. The molecule has 5 atom stereocenters. The van der Waals surface area contributed by atoms with E-state index in [1.165, 1.54) is 6.92 Å². The number of carbonyl (C=O) groups excluding carboxylic acids is 2. The molecule has 0 bridgehead atoms. The second-order valence-corrected chi connectivity index (χ2v) is 3.69. The molecular formula is C9H17NO7.